The Bertz CT molecular complexity index is 977. The van der Waals surface area contributed by atoms with Crippen LogP contribution in [-0.2, 0) is 11.3 Å². The van der Waals surface area contributed by atoms with E-state index in [1.807, 2.05) is 24.3 Å². The number of para-hydroxylation sites is 2. The van der Waals surface area contributed by atoms with Crippen LogP contribution in [0.1, 0.15) is 5.82 Å². The second-order valence-electron chi connectivity index (χ2n) is 6.53. The number of hydrogen-bond acceptors (Lipinski definition) is 3. The third-order valence-corrected chi connectivity index (χ3v) is 4.53. The molecule has 0 aliphatic carbocycles. The molecule has 2 heterocycles. The third kappa shape index (κ3) is 3.79. The van der Waals surface area contributed by atoms with E-state index in [1.165, 1.54) is 4.90 Å². The maximum atomic E-state index is 14.3. The first-order valence-electron chi connectivity index (χ1n) is 8.70. The largest absolute Gasteiger partial charge is 0.365 e. The van der Waals surface area contributed by atoms with Crippen molar-refractivity contribution < 1.29 is 22.7 Å². The number of imidazole rings is 1. The molecule has 1 aliphatic rings. The Hall–Kier alpha value is -3.07. The van der Waals surface area contributed by atoms with Crippen molar-refractivity contribution in [2.45, 2.75) is 18.9 Å². The summed E-state index contributed by atoms with van der Waals surface area (Å²) in [4.78, 5) is 20.9. The van der Waals surface area contributed by atoms with Gasteiger partial charge in [-0.1, -0.05) is 12.1 Å². The van der Waals surface area contributed by atoms with Crippen LogP contribution in [0.25, 0.3) is 11.0 Å². The number of rotatable bonds is 4. The van der Waals surface area contributed by atoms with Gasteiger partial charge in [-0.3, -0.25) is 0 Å². The molecule has 146 valence electrons. The summed E-state index contributed by atoms with van der Waals surface area (Å²) in [5.41, 5.74) is 1.46. The first-order valence-corrected chi connectivity index (χ1v) is 8.70. The second-order valence-corrected chi connectivity index (χ2v) is 6.53. The van der Waals surface area contributed by atoms with Gasteiger partial charge in [-0.2, -0.15) is 0 Å². The molecule has 2 N–H and O–H groups in total. The third-order valence-electron chi connectivity index (χ3n) is 4.53. The zero-order valence-electron chi connectivity index (χ0n) is 14.7. The molecule has 0 radical (unpaired) electrons. The van der Waals surface area contributed by atoms with Crippen LogP contribution in [-0.4, -0.2) is 46.3 Å². The number of benzene rings is 2. The lowest BCUT2D eigenvalue weighted by Gasteiger charge is -2.17. The fraction of sp³-hybridized carbons (Fsp3) is 0.263. The number of ether oxygens (including phenoxy) is 1. The lowest BCUT2D eigenvalue weighted by Crippen LogP contribution is -2.34. The number of nitrogens with one attached hydrogen (secondary N) is 2. The van der Waals surface area contributed by atoms with Crippen molar-refractivity contribution in [2.24, 2.45) is 0 Å². The number of aromatic amines is 1. The maximum absolute atomic E-state index is 14.3. The molecule has 1 aromatic heterocycles. The summed E-state index contributed by atoms with van der Waals surface area (Å²) >= 11 is 0. The molecular weight excluding hydrogens is 373 g/mol. The summed E-state index contributed by atoms with van der Waals surface area (Å²) in [5, 5.41) is 2.32. The molecule has 4 rings (SSSR count). The van der Waals surface area contributed by atoms with Gasteiger partial charge in [0, 0.05) is 6.07 Å². The SMILES string of the molecule is O=C(Nc1ccc(F)cc1F)N1CC(F)C(OCc2nc3ccccc3[nH]2)C1. The van der Waals surface area contributed by atoms with Crippen LogP contribution in [0.15, 0.2) is 42.5 Å². The first kappa shape index (κ1) is 18.3. The molecule has 0 spiro atoms. The molecule has 6 nitrogen and oxygen atoms in total. The molecule has 1 saturated heterocycles. The van der Waals surface area contributed by atoms with Crippen LogP contribution in [0.3, 0.4) is 0 Å². The van der Waals surface area contributed by atoms with Crippen LogP contribution in [0.2, 0.25) is 0 Å². The van der Waals surface area contributed by atoms with E-state index in [1.54, 1.807) is 0 Å². The number of amides is 2. The standard InChI is InChI=1S/C19H17F3N4O2/c20-11-5-6-14(12(21)7-11)25-19(27)26-8-13(22)17(9-26)28-10-18-23-15-3-1-2-4-16(15)24-18/h1-7,13,17H,8-10H2,(H,23,24)(H,25,27). The Balaban J connectivity index is 1.35. The van der Waals surface area contributed by atoms with Gasteiger partial charge in [0.25, 0.3) is 0 Å². The molecule has 1 aliphatic heterocycles. The highest BCUT2D eigenvalue weighted by atomic mass is 19.1. The predicted molar refractivity (Wildman–Crippen MR) is 96.5 cm³/mol. The molecule has 9 heteroatoms. The topological polar surface area (TPSA) is 70.2 Å². The Labute approximate surface area is 158 Å². The monoisotopic (exact) mass is 390 g/mol. The van der Waals surface area contributed by atoms with Gasteiger partial charge in [-0.05, 0) is 24.3 Å². The summed E-state index contributed by atoms with van der Waals surface area (Å²) in [7, 11) is 0. The number of H-pyrrole nitrogens is 1. The van der Waals surface area contributed by atoms with E-state index >= 15 is 0 Å². The van der Waals surface area contributed by atoms with Gasteiger partial charge in [0.15, 0.2) is 0 Å². The fourth-order valence-corrected chi connectivity index (χ4v) is 3.10. The van der Waals surface area contributed by atoms with Gasteiger partial charge in [0.1, 0.15) is 36.3 Å². The van der Waals surface area contributed by atoms with E-state index < -0.39 is 29.9 Å². The summed E-state index contributed by atoms with van der Waals surface area (Å²) in [6.45, 7) is -0.0999. The Morgan fingerprint density at radius 2 is 2.07 bits per heavy atom. The molecule has 2 atom stereocenters. The molecule has 0 bridgehead atoms. The molecule has 28 heavy (non-hydrogen) atoms. The minimum absolute atomic E-state index is 0.00996. The maximum Gasteiger partial charge on any atom is 0.322 e. The molecule has 3 aromatic rings. The van der Waals surface area contributed by atoms with E-state index in [-0.39, 0.29) is 25.4 Å². The zero-order chi connectivity index (χ0) is 19.7. The highest BCUT2D eigenvalue weighted by Gasteiger charge is 2.36. The van der Waals surface area contributed by atoms with E-state index in [0.717, 1.165) is 23.2 Å². The molecule has 1 fully saturated rings. The van der Waals surface area contributed by atoms with Crippen molar-refractivity contribution in [3.05, 3.63) is 59.9 Å². The number of anilines is 1. The van der Waals surface area contributed by atoms with Crippen molar-refractivity contribution >= 4 is 22.8 Å². The smallest absolute Gasteiger partial charge is 0.322 e. The zero-order valence-corrected chi connectivity index (χ0v) is 14.7. The van der Waals surface area contributed by atoms with Crippen molar-refractivity contribution in [3.63, 3.8) is 0 Å². The van der Waals surface area contributed by atoms with E-state index in [4.69, 9.17) is 4.74 Å². The van der Waals surface area contributed by atoms with Gasteiger partial charge >= 0.3 is 6.03 Å². The summed E-state index contributed by atoms with van der Waals surface area (Å²) < 4.78 is 46.5. The van der Waals surface area contributed by atoms with Crippen LogP contribution in [0, 0.1) is 11.6 Å². The number of halogens is 3. The normalized spacial score (nSPS) is 19.3. The van der Waals surface area contributed by atoms with Crippen LogP contribution in [0.5, 0.6) is 0 Å². The highest BCUT2D eigenvalue weighted by molar-refractivity contribution is 5.89. The van der Waals surface area contributed by atoms with Gasteiger partial charge in [-0.15, -0.1) is 0 Å². The predicted octanol–water partition coefficient (Wildman–Crippen LogP) is 3.61. The average molecular weight is 390 g/mol. The Kier molecular flexibility index (Phi) is 4.91. The van der Waals surface area contributed by atoms with Gasteiger partial charge in [-0.25, -0.2) is 22.9 Å². The number of urea groups is 1. The number of nitrogens with zero attached hydrogens (tertiary/aromatic N) is 2. The summed E-state index contributed by atoms with van der Waals surface area (Å²) in [5.74, 6) is -1.09. The quantitative estimate of drug-likeness (QED) is 0.715. The molecule has 2 unspecified atom stereocenters. The van der Waals surface area contributed by atoms with Crippen LogP contribution >= 0.6 is 0 Å². The molecular formula is C19H17F3N4O2. The minimum Gasteiger partial charge on any atom is -0.365 e. The van der Waals surface area contributed by atoms with Crippen molar-refractivity contribution in [1.29, 1.82) is 0 Å². The average Bonchev–Trinajstić information content (AvgIpc) is 3.25. The van der Waals surface area contributed by atoms with E-state index in [0.29, 0.717) is 11.9 Å². The lowest BCUT2D eigenvalue weighted by atomic mass is 10.3. The Morgan fingerprint density at radius 3 is 2.86 bits per heavy atom. The number of alkyl halides is 1. The minimum atomic E-state index is -1.38. The second kappa shape index (κ2) is 7.51. The first-order chi connectivity index (χ1) is 13.5. The van der Waals surface area contributed by atoms with E-state index in [2.05, 4.69) is 15.3 Å². The lowest BCUT2D eigenvalue weighted by molar-refractivity contribution is 0.00961. The summed E-state index contributed by atoms with van der Waals surface area (Å²) in [6.07, 6.45) is -2.20. The van der Waals surface area contributed by atoms with Crippen molar-refractivity contribution in [3.8, 4) is 0 Å². The van der Waals surface area contributed by atoms with Crippen molar-refractivity contribution in [2.75, 3.05) is 18.4 Å². The Morgan fingerprint density at radius 1 is 1.25 bits per heavy atom. The number of carbonyl (C=O) groups excluding carboxylic acids is 1. The summed E-state index contributed by atoms with van der Waals surface area (Å²) in [6, 6.07) is 9.59. The van der Waals surface area contributed by atoms with Crippen molar-refractivity contribution in [1.82, 2.24) is 14.9 Å². The van der Waals surface area contributed by atoms with E-state index in [9.17, 15) is 18.0 Å². The number of hydrogen-bond donors (Lipinski definition) is 2. The molecule has 2 aromatic carbocycles. The number of aromatic nitrogens is 2. The number of carbonyl (C=O) groups is 1. The highest BCUT2D eigenvalue weighted by Crippen LogP contribution is 2.21. The van der Waals surface area contributed by atoms with Crippen LogP contribution < -0.4 is 5.32 Å². The molecule has 0 saturated carbocycles. The van der Waals surface area contributed by atoms with Gasteiger partial charge in [0.05, 0.1) is 29.8 Å². The molecule has 2 amide bonds. The number of likely N-dealkylation sites (tertiary alicyclic amines) is 1. The fourth-order valence-electron chi connectivity index (χ4n) is 3.10. The van der Waals surface area contributed by atoms with Gasteiger partial charge in [0.2, 0.25) is 0 Å². The number of fused-ring (bicyclic) bond motifs is 1. The van der Waals surface area contributed by atoms with Gasteiger partial charge < -0.3 is 19.9 Å². The van der Waals surface area contributed by atoms with Crippen LogP contribution in [0.4, 0.5) is 23.7 Å².